The van der Waals surface area contributed by atoms with Crippen LogP contribution in [0.15, 0.2) is 0 Å². The van der Waals surface area contributed by atoms with Crippen molar-refractivity contribution in [2.75, 3.05) is 7.05 Å². The van der Waals surface area contributed by atoms with Crippen LogP contribution in [-0.4, -0.2) is 29.3 Å². The normalized spacial score (nSPS) is 27.6. The summed E-state index contributed by atoms with van der Waals surface area (Å²) in [6, 6.07) is 0.632. The number of aliphatic hydroxyl groups is 1. The van der Waals surface area contributed by atoms with E-state index in [1.165, 1.54) is 38.5 Å². The Kier molecular flexibility index (Phi) is 6.37. The van der Waals surface area contributed by atoms with Gasteiger partial charge in [-0.15, -0.1) is 0 Å². The SMILES string of the molecule is CCCCC1CCCC1N(C)C(O)CCC. The molecule has 2 heteroatoms. The van der Waals surface area contributed by atoms with Crippen LogP contribution >= 0.6 is 0 Å². The highest BCUT2D eigenvalue weighted by atomic mass is 16.3. The maximum absolute atomic E-state index is 10.0. The monoisotopic (exact) mass is 227 g/mol. The molecule has 0 aliphatic heterocycles. The molecule has 3 unspecified atom stereocenters. The molecule has 0 aromatic rings. The smallest absolute Gasteiger partial charge is 0.107 e. The Morgan fingerprint density at radius 2 is 2.00 bits per heavy atom. The molecule has 1 fully saturated rings. The van der Waals surface area contributed by atoms with Crippen LogP contribution in [0.4, 0.5) is 0 Å². The van der Waals surface area contributed by atoms with Gasteiger partial charge in [-0.1, -0.05) is 39.5 Å². The Bertz CT molecular complexity index is 184. The van der Waals surface area contributed by atoms with E-state index in [4.69, 9.17) is 0 Å². The van der Waals surface area contributed by atoms with Crippen LogP contribution in [0.1, 0.15) is 65.2 Å². The van der Waals surface area contributed by atoms with E-state index in [2.05, 4.69) is 25.8 Å². The molecule has 1 rings (SSSR count). The van der Waals surface area contributed by atoms with Crippen molar-refractivity contribution in [2.45, 2.75) is 77.5 Å². The molecule has 0 spiro atoms. The van der Waals surface area contributed by atoms with E-state index in [1.807, 2.05) is 0 Å². The number of rotatable bonds is 7. The van der Waals surface area contributed by atoms with Gasteiger partial charge in [-0.05, 0) is 38.6 Å². The molecule has 0 aromatic heterocycles. The number of aliphatic hydroxyl groups excluding tert-OH is 1. The molecule has 3 atom stereocenters. The van der Waals surface area contributed by atoms with Gasteiger partial charge in [0.25, 0.3) is 0 Å². The van der Waals surface area contributed by atoms with Gasteiger partial charge in [-0.3, -0.25) is 4.90 Å². The summed E-state index contributed by atoms with van der Waals surface area (Å²) in [5, 5.41) is 10.0. The predicted octanol–water partition coefficient (Wildman–Crippen LogP) is 3.40. The summed E-state index contributed by atoms with van der Waals surface area (Å²) < 4.78 is 0. The second-order valence-electron chi connectivity index (χ2n) is 5.34. The Hall–Kier alpha value is -0.0800. The minimum atomic E-state index is -0.225. The van der Waals surface area contributed by atoms with Gasteiger partial charge in [-0.2, -0.15) is 0 Å². The van der Waals surface area contributed by atoms with Crippen molar-refractivity contribution in [1.82, 2.24) is 4.90 Å². The lowest BCUT2D eigenvalue weighted by atomic mass is 9.95. The third-order valence-electron chi connectivity index (χ3n) is 4.09. The molecule has 1 saturated carbocycles. The second-order valence-corrected chi connectivity index (χ2v) is 5.34. The first-order chi connectivity index (χ1) is 7.70. The molecule has 0 amide bonds. The molecule has 0 saturated heterocycles. The van der Waals surface area contributed by atoms with Crippen molar-refractivity contribution >= 4 is 0 Å². The summed E-state index contributed by atoms with van der Waals surface area (Å²) in [5.41, 5.74) is 0. The highest BCUT2D eigenvalue weighted by Crippen LogP contribution is 2.33. The first kappa shape index (κ1) is 14.0. The van der Waals surface area contributed by atoms with Gasteiger partial charge in [0.1, 0.15) is 6.23 Å². The zero-order chi connectivity index (χ0) is 12.0. The van der Waals surface area contributed by atoms with E-state index >= 15 is 0 Å². The van der Waals surface area contributed by atoms with Gasteiger partial charge in [0.05, 0.1) is 0 Å². The highest BCUT2D eigenvalue weighted by molar-refractivity contribution is 4.84. The van der Waals surface area contributed by atoms with Crippen LogP contribution in [0.25, 0.3) is 0 Å². The van der Waals surface area contributed by atoms with Gasteiger partial charge in [0.2, 0.25) is 0 Å². The van der Waals surface area contributed by atoms with Crippen LogP contribution in [0.3, 0.4) is 0 Å². The third kappa shape index (κ3) is 3.74. The lowest BCUT2D eigenvalue weighted by Crippen LogP contribution is -2.42. The molecule has 2 nitrogen and oxygen atoms in total. The van der Waals surface area contributed by atoms with E-state index < -0.39 is 0 Å². The van der Waals surface area contributed by atoms with Crippen LogP contribution in [-0.2, 0) is 0 Å². The lowest BCUT2D eigenvalue weighted by molar-refractivity contribution is -0.0228. The second kappa shape index (κ2) is 7.29. The number of hydrogen-bond acceptors (Lipinski definition) is 2. The van der Waals surface area contributed by atoms with E-state index in [9.17, 15) is 5.11 Å². The Morgan fingerprint density at radius 1 is 1.25 bits per heavy atom. The van der Waals surface area contributed by atoms with Crippen molar-refractivity contribution in [3.8, 4) is 0 Å². The van der Waals surface area contributed by atoms with Gasteiger partial charge in [0, 0.05) is 6.04 Å². The fourth-order valence-corrected chi connectivity index (χ4v) is 3.04. The van der Waals surface area contributed by atoms with Crippen molar-refractivity contribution in [2.24, 2.45) is 5.92 Å². The maximum atomic E-state index is 10.0. The zero-order valence-electron chi connectivity index (χ0n) is 11.3. The summed E-state index contributed by atoms with van der Waals surface area (Å²) in [6.45, 7) is 4.40. The molecule has 1 aliphatic carbocycles. The summed E-state index contributed by atoms with van der Waals surface area (Å²) in [7, 11) is 2.11. The molecule has 1 N–H and O–H groups in total. The van der Waals surface area contributed by atoms with Crippen LogP contribution < -0.4 is 0 Å². The maximum Gasteiger partial charge on any atom is 0.107 e. The van der Waals surface area contributed by atoms with Crippen molar-refractivity contribution in [3.05, 3.63) is 0 Å². The minimum Gasteiger partial charge on any atom is -0.378 e. The van der Waals surface area contributed by atoms with Crippen molar-refractivity contribution < 1.29 is 5.11 Å². The van der Waals surface area contributed by atoms with Gasteiger partial charge < -0.3 is 5.11 Å². The number of unbranched alkanes of at least 4 members (excludes halogenated alkanes) is 1. The Balaban J connectivity index is 2.43. The van der Waals surface area contributed by atoms with Gasteiger partial charge in [-0.25, -0.2) is 0 Å². The van der Waals surface area contributed by atoms with E-state index in [0.29, 0.717) is 6.04 Å². The van der Waals surface area contributed by atoms with E-state index in [0.717, 1.165) is 18.8 Å². The van der Waals surface area contributed by atoms with Crippen LogP contribution in [0.5, 0.6) is 0 Å². The van der Waals surface area contributed by atoms with Crippen LogP contribution in [0.2, 0.25) is 0 Å². The van der Waals surface area contributed by atoms with Crippen molar-refractivity contribution in [3.63, 3.8) is 0 Å². The van der Waals surface area contributed by atoms with Gasteiger partial charge in [0.15, 0.2) is 0 Å². The average Bonchev–Trinajstić information content (AvgIpc) is 2.73. The third-order valence-corrected chi connectivity index (χ3v) is 4.09. The summed E-state index contributed by atoms with van der Waals surface area (Å²) >= 11 is 0. The standard InChI is InChI=1S/C14H29NO/c1-4-6-9-12-10-7-11-13(12)15(3)14(16)8-5-2/h12-14,16H,4-11H2,1-3H3. The summed E-state index contributed by atoms with van der Waals surface area (Å²) in [4.78, 5) is 2.23. The lowest BCUT2D eigenvalue weighted by Gasteiger charge is -2.33. The minimum absolute atomic E-state index is 0.225. The largest absolute Gasteiger partial charge is 0.378 e. The number of nitrogens with zero attached hydrogens (tertiary/aromatic N) is 1. The predicted molar refractivity (Wildman–Crippen MR) is 69.3 cm³/mol. The van der Waals surface area contributed by atoms with Crippen LogP contribution in [0, 0.1) is 5.92 Å². The Morgan fingerprint density at radius 3 is 2.62 bits per heavy atom. The first-order valence-electron chi connectivity index (χ1n) is 7.10. The topological polar surface area (TPSA) is 23.5 Å². The summed E-state index contributed by atoms with van der Waals surface area (Å²) in [6.07, 6.45) is 9.75. The highest BCUT2D eigenvalue weighted by Gasteiger charge is 2.31. The van der Waals surface area contributed by atoms with E-state index in [1.54, 1.807) is 0 Å². The molecule has 96 valence electrons. The van der Waals surface area contributed by atoms with Gasteiger partial charge >= 0.3 is 0 Å². The molecule has 16 heavy (non-hydrogen) atoms. The number of hydrogen-bond donors (Lipinski definition) is 1. The quantitative estimate of drug-likeness (QED) is 0.674. The Labute approximate surface area is 101 Å². The van der Waals surface area contributed by atoms with Crippen molar-refractivity contribution in [1.29, 1.82) is 0 Å². The molecular formula is C14H29NO. The molecule has 1 aliphatic rings. The fourth-order valence-electron chi connectivity index (χ4n) is 3.04. The fraction of sp³-hybridized carbons (Fsp3) is 1.00. The molecule has 0 bridgehead atoms. The molecular weight excluding hydrogens is 198 g/mol. The van der Waals surface area contributed by atoms with E-state index in [-0.39, 0.29) is 6.23 Å². The molecule has 0 radical (unpaired) electrons. The summed E-state index contributed by atoms with van der Waals surface area (Å²) in [5.74, 6) is 0.830. The average molecular weight is 227 g/mol. The molecule has 0 aromatic carbocycles. The molecule has 0 heterocycles. The zero-order valence-corrected chi connectivity index (χ0v) is 11.3. The first-order valence-corrected chi connectivity index (χ1v) is 7.10.